The third-order valence-corrected chi connectivity index (χ3v) is 4.05. The lowest BCUT2D eigenvalue weighted by Crippen LogP contribution is -2.31. The Hall–Kier alpha value is -1.09. The van der Waals surface area contributed by atoms with E-state index in [-0.39, 0.29) is 0 Å². The molecule has 1 fully saturated rings. The van der Waals surface area contributed by atoms with E-state index in [1.807, 2.05) is 6.20 Å². The summed E-state index contributed by atoms with van der Waals surface area (Å²) in [5.74, 6) is 0. The number of hydrogen-bond donors (Lipinski definition) is 1. The Morgan fingerprint density at radius 3 is 2.68 bits per heavy atom. The second-order valence-corrected chi connectivity index (χ2v) is 6.04. The van der Waals surface area contributed by atoms with E-state index in [0.29, 0.717) is 12.1 Å². The number of pyridine rings is 1. The molecule has 1 N–H and O–H groups in total. The van der Waals surface area contributed by atoms with Gasteiger partial charge in [0.25, 0.3) is 0 Å². The number of aryl methyl sites for hydroxylation is 1. The Bertz CT molecular complexity index is 408. The second kappa shape index (κ2) is 6.38. The zero-order valence-corrected chi connectivity index (χ0v) is 12.7. The lowest BCUT2D eigenvalue weighted by atomic mass is 10.1. The van der Waals surface area contributed by atoms with Crippen LogP contribution in [0.15, 0.2) is 12.3 Å². The maximum absolute atomic E-state index is 4.46. The molecule has 0 unspecified atom stereocenters. The first kappa shape index (κ1) is 14.3. The van der Waals surface area contributed by atoms with Crippen molar-refractivity contribution in [2.24, 2.45) is 0 Å². The summed E-state index contributed by atoms with van der Waals surface area (Å²) in [5.41, 5.74) is 3.77. The molecule has 0 amide bonds. The number of nitrogens with one attached hydrogen (secondary N) is 1. The summed E-state index contributed by atoms with van der Waals surface area (Å²) in [5, 5.41) is 3.50. The molecule has 3 nitrogen and oxygen atoms in total. The van der Waals surface area contributed by atoms with Crippen LogP contribution >= 0.6 is 0 Å². The summed E-state index contributed by atoms with van der Waals surface area (Å²) in [7, 11) is 2.24. The fourth-order valence-electron chi connectivity index (χ4n) is 2.84. The van der Waals surface area contributed by atoms with E-state index < -0.39 is 0 Å². The summed E-state index contributed by atoms with van der Waals surface area (Å²) in [6, 6.07) is 3.45. The predicted octanol–water partition coefficient (Wildman–Crippen LogP) is 3.27. The molecular formula is C16H27N3. The van der Waals surface area contributed by atoms with Crippen LogP contribution in [0.4, 0.5) is 5.69 Å². The lowest BCUT2D eigenvalue weighted by molar-refractivity contribution is 0.583. The Balaban J connectivity index is 2.18. The third-order valence-electron chi connectivity index (χ3n) is 4.05. The molecular weight excluding hydrogens is 234 g/mol. The van der Waals surface area contributed by atoms with E-state index in [9.17, 15) is 0 Å². The monoisotopic (exact) mass is 261 g/mol. The van der Waals surface area contributed by atoms with E-state index in [1.54, 1.807) is 0 Å². The average Bonchev–Trinajstić information content (AvgIpc) is 2.90. The Morgan fingerprint density at radius 2 is 2.05 bits per heavy atom. The zero-order chi connectivity index (χ0) is 13.8. The molecule has 0 spiro atoms. The molecule has 0 atom stereocenters. The highest BCUT2D eigenvalue weighted by Crippen LogP contribution is 2.29. The first-order chi connectivity index (χ1) is 9.08. The number of hydrogen-bond acceptors (Lipinski definition) is 3. The van der Waals surface area contributed by atoms with Crippen molar-refractivity contribution in [1.82, 2.24) is 10.3 Å². The SMILES string of the molecule is Cc1cc(N(C)C2CCCC2)c(CNC(C)C)cn1. The average molecular weight is 261 g/mol. The number of nitrogens with zero attached hydrogens (tertiary/aromatic N) is 2. The highest BCUT2D eigenvalue weighted by molar-refractivity contribution is 5.54. The topological polar surface area (TPSA) is 28.2 Å². The van der Waals surface area contributed by atoms with Crippen molar-refractivity contribution >= 4 is 5.69 Å². The van der Waals surface area contributed by atoms with Gasteiger partial charge in [-0.25, -0.2) is 0 Å². The molecule has 106 valence electrons. The van der Waals surface area contributed by atoms with Crippen LogP contribution in [-0.4, -0.2) is 24.1 Å². The normalized spacial score (nSPS) is 16.3. The van der Waals surface area contributed by atoms with Crippen molar-refractivity contribution < 1.29 is 0 Å². The van der Waals surface area contributed by atoms with E-state index >= 15 is 0 Å². The van der Waals surface area contributed by atoms with Crippen LogP contribution in [-0.2, 0) is 6.54 Å². The molecule has 0 aliphatic heterocycles. The molecule has 1 heterocycles. The molecule has 0 aromatic carbocycles. The van der Waals surface area contributed by atoms with Crippen LogP contribution in [0.2, 0.25) is 0 Å². The second-order valence-electron chi connectivity index (χ2n) is 6.04. The summed E-state index contributed by atoms with van der Waals surface area (Å²) in [6.45, 7) is 7.34. The molecule has 1 aliphatic rings. The molecule has 1 aromatic heterocycles. The predicted molar refractivity (Wildman–Crippen MR) is 81.6 cm³/mol. The molecule has 2 rings (SSSR count). The van der Waals surface area contributed by atoms with Crippen LogP contribution in [0.3, 0.4) is 0 Å². The van der Waals surface area contributed by atoms with Gasteiger partial charge >= 0.3 is 0 Å². The number of rotatable bonds is 5. The lowest BCUT2D eigenvalue weighted by Gasteiger charge is -2.29. The van der Waals surface area contributed by atoms with E-state index in [4.69, 9.17) is 0 Å². The Morgan fingerprint density at radius 1 is 1.37 bits per heavy atom. The van der Waals surface area contributed by atoms with Gasteiger partial charge < -0.3 is 10.2 Å². The summed E-state index contributed by atoms with van der Waals surface area (Å²) in [4.78, 5) is 6.93. The van der Waals surface area contributed by atoms with Gasteiger partial charge in [0.05, 0.1) is 0 Å². The zero-order valence-electron chi connectivity index (χ0n) is 12.7. The molecule has 19 heavy (non-hydrogen) atoms. The first-order valence-corrected chi connectivity index (χ1v) is 7.49. The molecule has 3 heteroatoms. The van der Waals surface area contributed by atoms with E-state index in [0.717, 1.165) is 12.2 Å². The largest absolute Gasteiger partial charge is 0.371 e. The summed E-state index contributed by atoms with van der Waals surface area (Å²) >= 11 is 0. The molecule has 0 bridgehead atoms. The highest BCUT2D eigenvalue weighted by atomic mass is 15.1. The van der Waals surface area contributed by atoms with Crippen molar-refractivity contribution in [3.05, 3.63) is 23.5 Å². The molecule has 0 saturated heterocycles. The van der Waals surface area contributed by atoms with Crippen LogP contribution in [0.5, 0.6) is 0 Å². The van der Waals surface area contributed by atoms with Gasteiger partial charge in [0.15, 0.2) is 0 Å². The minimum Gasteiger partial charge on any atom is -0.371 e. The fourth-order valence-corrected chi connectivity index (χ4v) is 2.84. The minimum absolute atomic E-state index is 0.505. The van der Waals surface area contributed by atoms with E-state index in [1.165, 1.54) is 36.9 Å². The summed E-state index contributed by atoms with van der Waals surface area (Å²) in [6.07, 6.45) is 7.44. The van der Waals surface area contributed by atoms with Gasteiger partial charge in [-0.2, -0.15) is 0 Å². The van der Waals surface area contributed by atoms with Crippen molar-refractivity contribution in [3.8, 4) is 0 Å². The molecule has 1 aromatic rings. The number of aromatic nitrogens is 1. The quantitative estimate of drug-likeness (QED) is 0.881. The molecule has 1 aliphatic carbocycles. The smallest absolute Gasteiger partial charge is 0.0445 e. The van der Waals surface area contributed by atoms with Gasteiger partial charge in [-0.05, 0) is 25.8 Å². The Kier molecular flexibility index (Phi) is 4.81. The standard InChI is InChI=1S/C16H27N3/c1-12(2)17-10-14-11-18-13(3)9-16(14)19(4)15-7-5-6-8-15/h9,11-12,15,17H,5-8,10H2,1-4H3. The highest BCUT2D eigenvalue weighted by Gasteiger charge is 2.21. The minimum atomic E-state index is 0.505. The fraction of sp³-hybridized carbons (Fsp3) is 0.688. The molecule has 1 saturated carbocycles. The van der Waals surface area contributed by atoms with Crippen LogP contribution < -0.4 is 10.2 Å². The molecule has 0 radical (unpaired) electrons. The maximum atomic E-state index is 4.46. The van der Waals surface area contributed by atoms with Crippen LogP contribution in [0, 0.1) is 6.92 Å². The van der Waals surface area contributed by atoms with Gasteiger partial charge in [-0.15, -0.1) is 0 Å². The van der Waals surface area contributed by atoms with Crippen LogP contribution in [0.1, 0.15) is 50.8 Å². The van der Waals surface area contributed by atoms with Crippen molar-refractivity contribution in [1.29, 1.82) is 0 Å². The number of anilines is 1. The van der Waals surface area contributed by atoms with Gasteiger partial charge in [0, 0.05) is 48.8 Å². The van der Waals surface area contributed by atoms with Crippen molar-refractivity contribution in [3.63, 3.8) is 0 Å². The van der Waals surface area contributed by atoms with Gasteiger partial charge in [-0.3, -0.25) is 4.98 Å². The van der Waals surface area contributed by atoms with E-state index in [2.05, 4.69) is 49.1 Å². The first-order valence-electron chi connectivity index (χ1n) is 7.49. The van der Waals surface area contributed by atoms with Gasteiger partial charge in [-0.1, -0.05) is 26.7 Å². The maximum Gasteiger partial charge on any atom is 0.0445 e. The van der Waals surface area contributed by atoms with Crippen molar-refractivity contribution in [2.45, 2.75) is 65.1 Å². The van der Waals surface area contributed by atoms with Crippen molar-refractivity contribution in [2.75, 3.05) is 11.9 Å². The van der Waals surface area contributed by atoms with Gasteiger partial charge in [0.1, 0.15) is 0 Å². The summed E-state index contributed by atoms with van der Waals surface area (Å²) < 4.78 is 0. The van der Waals surface area contributed by atoms with Crippen LogP contribution in [0.25, 0.3) is 0 Å². The Labute approximate surface area is 117 Å². The third kappa shape index (κ3) is 3.69. The van der Waals surface area contributed by atoms with Gasteiger partial charge in [0.2, 0.25) is 0 Å².